The molecule has 2 N–H and O–H groups in total. The molecule has 22 heavy (non-hydrogen) atoms. The van der Waals surface area contributed by atoms with Crippen molar-refractivity contribution in [2.24, 2.45) is 5.10 Å². The highest BCUT2D eigenvalue weighted by Gasteiger charge is 2.06. The standard InChI is InChI=1S/C14H17N7O/c1-15-12-17-13(19-14(18-12)21(2)3)20-16-8-10-4-6-11(9-22)7-5-10/h4-9H,1-3H3,(H2,15,17,18,19,20)/b16-8+. The Morgan fingerprint density at radius 2 is 1.68 bits per heavy atom. The number of nitrogens with one attached hydrogen (secondary N) is 2. The molecular formula is C14H17N7O. The van der Waals surface area contributed by atoms with Crippen LogP contribution in [0.4, 0.5) is 17.8 Å². The van der Waals surface area contributed by atoms with E-state index in [0.717, 1.165) is 11.8 Å². The number of rotatable bonds is 6. The van der Waals surface area contributed by atoms with E-state index in [4.69, 9.17) is 0 Å². The van der Waals surface area contributed by atoms with Gasteiger partial charge < -0.3 is 10.2 Å². The van der Waals surface area contributed by atoms with E-state index in [1.165, 1.54) is 0 Å². The first-order chi connectivity index (χ1) is 10.6. The lowest BCUT2D eigenvalue weighted by molar-refractivity contribution is 0.112. The van der Waals surface area contributed by atoms with E-state index in [9.17, 15) is 4.79 Å². The molecule has 8 heteroatoms. The summed E-state index contributed by atoms with van der Waals surface area (Å²) in [4.78, 5) is 25.0. The van der Waals surface area contributed by atoms with Crippen LogP contribution < -0.4 is 15.6 Å². The first-order valence-electron chi connectivity index (χ1n) is 6.58. The molecule has 0 fully saturated rings. The molecular weight excluding hydrogens is 282 g/mol. The predicted molar refractivity (Wildman–Crippen MR) is 86.7 cm³/mol. The van der Waals surface area contributed by atoms with Gasteiger partial charge in [-0.1, -0.05) is 24.3 Å². The number of aromatic nitrogens is 3. The molecule has 1 aromatic carbocycles. The summed E-state index contributed by atoms with van der Waals surface area (Å²) in [5.74, 6) is 1.31. The molecule has 8 nitrogen and oxygen atoms in total. The van der Waals surface area contributed by atoms with Gasteiger partial charge in [-0.05, 0) is 5.56 Å². The zero-order chi connectivity index (χ0) is 15.9. The molecule has 0 saturated heterocycles. The van der Waals surface area contributed by atoms with E-state index in [-0.39, 0.29) is 0 Å². The first-order valence-corrected chi connectivity index (χ1v) is 6.58. The number of hydrazone groups is 1. The molecule has 0 saturated carbocycles. The van der Waals surface area contributed by atoms with Gasteiger partial charge in [0.2, 0.25) is 17.8 Å². The van der Waals surface area contributed by atoms with Crippen molar-refractivity contribution in [1.29, 1.82) is 0 Å². The highest BCUT2D eigenvalue weighted by atomic mass is 16.1. The third kappa shape index (κ3) is 3.98. The Labute approximate surface area is 128 Å². The second kappa shape index (κ2) is 7.11. The third-order valence-electron chi connectivity index (χ3n) is 2.70. The average Bonchev–Trinajstić information content (AvgIpc) is 2.55. The molecule has 1 aromatic heterocycles. The van der Waals surface area contributed by atoms with E-state index in [1.54, 1.807) is 42.4 Å². The van der Waals surface area contributed by atoms with Gasteiger partial charge in [0.25, 0.3) is 0 Å². The van der Waals surface area contributed by atoms with Crippen molar-refractivity contribution < 1.29 is 4.79 Å². The summed E-state index contributed by atoms with van der Waals surface area (Å²) in [7, 11) is 5.42. The van der Waals surface area contributed by atoms with Crippen LogP contribution in [0.5, 0.6) is 0 Å². The normalized spacial score (nSPS) is 10.5. The average molecular weight is 299 g/mol. The van der Waals surface area contributed by atoms with Gasteiger partial charge in [0.1, 0.15) is 6.29 Å². The zero-order valence-electron chi connectivity index (χ0n) is 12.6. The van der Waals surface area contributed by atoms with Crippen LogP contribution in [0.3, 0.4) is 0 Å². The summed E-state index contributed by atoms with van der Waals surface area (Å²) in [6, 6.07) is 7.04. The first kappa shape index (κ1) is 15.4. The lowest BCUT2D eigenvalue weighted by Crippen LogP contribution is -2.15. The van der Waals surface area contributed by atoms with E-state index in [2.05, 4.69) is 30.8 Å². The van der Waals surface area contributed by atoms with Crippen LogP contribution in [0.1, 0.15) is 15.9 Å². The highest BCUT2D eigenvalue weighted by Crippen LogP contribution is 2.10. The summed E-state index contributed by atoms with van der Waals surface area (Å²) in [6.07, 6.45) is 2.42. The maximum Gasteiger partial charge on any atom is 0.250 e. The molecule has 0 bridgehead atoms. The van der Waals surface area contributed by atoms with Crippen molar-refractivity contribution in [2.45, 2.75) is 0 Å². The highest BCUT2D eigenvalue weighted by molar-refractivity contribution is 5.82. The number of nitrogens with zero attached hydrogens (tertiary/aromatic N) is 5. The summed E-state index contributed by atoms with van der Waals surface area (Å²) >= 11 is 0. The predicted octanol–water partition coefficient (Wildman–Crippen LogP) is 1.24. The Hall–Kier alpha value is -3.03. The Kier molecular flexibility index (Phi) is 4.97. The molecule has 0 aliphatic rings. The third-order valence-corrected chi connectivity index (χ3v) is 2.70. The number of carbonyl (C=O) groups is 1. The molecule has 0 aliphatic heterocycles. The van der Waals surface area contributed by atoms with Gasteiger partial charge in [-0.25, -0.2) is 5.43 Å². The molecule has 0 amide bonds. The van der Waals surface area contributed by atoms with Crippen molar-refractivity contribution in [3.63, 3.8) is 0 Å². The minimum absolute atomic E-state index is 0.337. The van der Waals surface area contributed by atoms with Crippen LogP contribution in [-0.4, -0.2) is 48.6 Å². The molecule has 0 atom stereocenters. The van der Waals surface area contributed by atoms with Crippen LogP contribution in [-0.2, 0) is 0 Å². The molecule has 0 aliphatic carbocycles. The van der Waals surface area contributed by atoms with Crippen molar-refractivity contribution in [3.05, 3.63) is 35.4 Å². The summed E-state index contributed by atoms with van der Waals surface area (Å²) in [6.45, 7) is 0. The fourth-order valence-corrected chi connectivity index (χ4v) is 1.55. The number of hydrogen-bond donors (Lipinski definition) is 2. The van der Waals surface area contributed by atoms with Gasteiger partial charge >= 0.3 is 0 Å². The van der Waals surface area contributed by atoms with Crippen LogP contribution in [0, 0.1) is 0 Å². The minimum Gasteiger partial charge on any atom is -0.357 e. The van der Waals surface area contributed by atoms with Gasteiger partial charge in [-0.2, -0.15) is 20.1 Å². The Morgan fingerprint density at radius 1 is 1.05 bits per heavy atom. The molecule has 114 valence electrons. The van der Waals surface area contributed by atoms with Gasteiger partial charge in [-0.3, -0.25) is 4.79 Å². The maximum atomic E-state index is 10.6. The number of benzene rings is 1. The van der Waals surface area contributed by atoms with Crippen LogP contribution in [0.2, 0.25) is 0 Å². The molecule has 1 heterocycles. The van der Waals surface area contributed by atoms with Gasteiger partial charge in [-0.15, -0.1) is 0 Å². The Bertz CT molecular complexity index is 667. The monoisotopic (exact) mass is 299 g/mol. The van der Waals surface area contributed by atoms with Crippen molar-refractivity contribution >= 4 is 30.3 Å². The molecule has 2 rings (SSSR count). The molecule has 0 spiro atoms. The molecule has 0 unspecified atom stereocenters. The van der Waals surface area contributed by atoms with E-state index in [1.807, 2.05) is 14.1 Å². The second-order valence-electron chi connectivity index (χ2n) is 4.58. The van der Waals surface area contributed by atoms with Gasteiger partial charge in [0.15, 0.2) is 0 Å². The maximum absolute atomic E-state index is 10.6. The van der Waals surface area contributed by atoms with Gasteiger partial charge in [0, 0.05) is 26.7 Å². The lowest BCUT2D eigenvalue weighted by Gasteiger charge is -2.11. The summed E-state index contributed by atoms with van der Waals surface area (Å²) < 4.78 is 0. The number of carbonyl (C=O) groups excluding carboxylic acids is 1. The zero-order valence-corrected chi connectivity index (χ0v) is 12.6. The number of hydrogen-bond acceptors (Lipinski definition) is 8. The fraction of sp³-hybridized carbons (Fsp3) is 0.214. The minimum atomic E-state index is 0.337. The van der Waals surface area contributed by atoms with Crippen LogP contribution in [0.25, 0.3) is 0 Å². The number of aldehydes is 1. The quantitative estimate of drug-likeness (QED) is 0.470. The largest absolute Gasteiger partial charge is 0.357 e. The van der Waals surface area contributed by atoms with Crippen molar-refractivity contribution in [2.75, 3.05) is 36.8 Å². The smallest absolute Gasteiger partial charge is 0.250 e. The topological polar surface area (TPSA) is 95.4 Å². The molecule has 2 aromatic rings. The summed E-state index contributed by atoms with van der Waals surface area (Å²) in [5.41, 5.74) is 4.24. The van der Waals surface area contributed by atoms with E-state index in [0.29, 0.717) is 23.4 Å². The number of anilines is 3. The van der Waals surface area contributed by atoms with Crippen LogP contribution >= 0.6 is 0 Å². The SMILES string of the molecule is CNc1nc(N/N=C/c2ccc(C=O)cc2)nc(N(C)C)n1. The van der Waals surface area contributed by atoms with Gasteiger partial charge in [0.05, 0.1) is 6.21 Å². The van der Waals surface area contributed by atoms with Crippen molar-refractivity contribution in [1.82, 2.24) is 15.0 Å². The Morgan fingerprint density at radius 3 is 2.27 bits per heavy atom. The Balaban J connectivity index is 2.10. The van der Waals surface area contributed by atoms with Crippen LogP contribution in [0.15, 0.2) is 29.4 Å². The second-order valence-corrected chi connectivity index (χ2v) is 4.58. The van der Waals surface area contributed by atoms with E-state index >= 15 is 0 Å². The molecule has 0 radical (unpaired) electrons. The summed E-state index contributed by atoms with van der Waals surface area (Å²) in [5, 5.41) is 6.95. The van der Waals surface area contributed by atoms with E-state index < -0.39 is 0 Å². The van der Waals surface area contributed by atoms with Crippen molar-refractivity contribution in [3.8, 4) is 0 Å². The fourth-order valence-electron chi connectivity index (χ4n) is 1.55. The lowest BCUT2D eigenvalue weighted by atomic mass is 10.2.